The van der Waals surface area contributed by atoms with Crippen LogP contribution in [0.4, 0.5) is 21.5 Å². The van der Waals surface area contributed by atoms with Crippen LogP contribution in [0.3, 0.4) is 0 Å². The molecule has 3 rings (SSSR count). The van der Waals surface area contributed by atoms with Crippen molar-refractivity contribution in [3.05, 3.63) is 46.2 Å². The maximum Gasteiger partial charge on any atom is 0.274 e. The zero-order valence-corrected chi connectivity index (χ0v) is 15.2. The van der Waals surface area contributed by atoms with Crippen molar-refractivity contribution < 1.29 is 22.7 Å². The summed E-state index contributed by atoms with van der Waals surface area (Å²) in [4.78, 5) is 10.8. The van der Waals surface area contributed by atoms with E-state index in [2.05, 4.69) is 31.3 Å². The Balaban J connectivity index is 1.98. The first-order chi connectivity index (χ1) is 11.7. The highest BCUT2D eigenvalue weighted by molar-refractivity contribution is 9.10. The number of amides is 1. The molecule has 0 bridgehead atoms. The molecule has 1 heterocycles. The predicted octanol–water partition coefficient (Wildman–Crippen LogP) is 2.38. The standard InChI is InChI=1S/C15H13BrFN3O4S/c1-7-4-8(2-3-9(7)16)20-25(23,24)13-6-12-11(5-10(13)17)18-14(21)15(22)19-12/h2-6,15,19-20,22H,1H3,(H,18,21). The van der Waals surface area contributed by atoms with Crippen LogP contribution in [-0.4, -0.2) is 25.7 Å². The van der Waals surface area contributed by atoms with Gasteiger partial charge in [0.15, 0.2) is 0 Å². The van der Waals surface area contributed by atoms with Gasteiger partial charge >= 0.3 is 0 Å². The molecule has 132 valence electrons. The van der Waals surface area contributed by atoms with E-state index in [0.29, 0.717) is 0 Å². The zero-order valence-electron chi connectivity index (χ0n) is 12.8. The molecule has 1 atom stereocenters. The molecule has 0 fully saturated rings. The Morgan fingerprint density at radius 1 is 1.24 bits per heavy atom. The van der Waals surface area contributed by atoms with Gasteiger partial charge in [-0.15, -0.1) is 0 Å². The van der Waals surface area contributed by atoms with Gasteiger partial charge < -0.3 is 15.7 Å². The number of benzene rings is 2. The van der Waals surface area contributed by atoms with Crippen molar-refractivity contribution in [1.82, 2.24) is 0 Å². The molecular formula is C15H13BrFN3O4S. The first-order valence-electron chi connectivity index (χ1n) is 7.05. The number of hydrogen-bond acceptors (Lipinski definition) is 5. The second-order valence-corrected chi connectivity index (χ2v) is 7.94. The number of anilines is 3. The van der Waals surface area contributed by atoms with Gasteiger partial charge in [0.25, 0.3) is 15.9 Å². The molecule has 1 unspecified atom stereocenters. The van der Waals surface area contributed by atoms with Crippen molar-refractivity contribution in [3.8, 4) is 0 Å². The second kappa shape index (κ2) is 6.28. The maximum atomic E-state index is 14.3. The minimum Gasteiger partial charge on any atom is -0.366 e. The van der Waals surface area contributed by atoms with E-state index >= 15 is 0 Å². The molecular weight excluding hydrogens is 417 g/mol. The maximum absolute atomic E-state index is 14.3. The normalized spacial score (nSPS) is 16.6. The number of carbonyl (C=O) groups is 1. The summed E-state index contributed by atoms with van der Waals surface area (Å²) < 4.78 is 42.4. The fraction of sp³-hybridized carbons (Fsp3) is 0.133. The van der Waals surface area contributed by atoms with Gasteiger partial charge in [0.05, 0.1) is 11.4 Å². The lowest BCUT2D eigenvalue weighted by atomic mass is 10.2. The number of fused-ring (bicyclic) bond motifs is 1. The average Bonchev–Trinajstić information content (AvgIpc) is 2.51. The van der Waals surface area contributed by atoms with E-state index in [1.807, 2.05) is 0 Å². The summed E-state index contributed by atoms with van der Waals surface area (Å²) in [5.74, 6) is -1.79. The highest BCUT2D eigenvalue weighted by Crippen LogP contribution is 2.32. The van der Waals surface area contributed by atoms with Gasteiger partial charge in [-0.3, -0.25) is 9.52 Å². The van der Waals surface area contributed by atoms with Crippen molar-refractivity contribution in [2.24, 2.45) is 0 Å². The Hall–Kier alpha value is -2.17. The van der Waals surface area contributed by atoms with Crippen LogP contribution in [0.25, 0.3) is 0 Å². The third-order valence-corrected chi connectivity index (χ3v) is 5.86. The topological polar surface area (TPSA) is 108 Å². The smallest absolute Gasteiger partial charge is 0.274 e. The largest absolute Gasteiger partial charge is 0.366 e. The monoisotopic (exact) mass is 429 g/mol. The van der Waals surface area contributed by atoms with Crippen LogP contribution in [0.5, 0.6) is 0 Å². The highest BCUT2D eigenvalue weighted by atomic mass is 79.9. The van der Waals surface area contributed by atoms with Crippen LogP contribution in [0.15, 0.2) is 39.7 Å². The van der Waals surface area contributed by atoms with E-state index in [1.54, 1.807) is 19.1 Å². The number of carbonyl (C=O) groups excluding carboxylic acids is 1. The van der Waals surface area contributed by atoms with E-state index < -0.39 is 32.9 Å². The molecule has 4 N–H and O–H groups in total. The molecule has 0 saturated carbocycles. The number of aryl methyl sites for hydroxylation is 1. The number of halogens is 2. The predicted molar refractivity (Wildman–Crippen MR) is 94.3 cm³/mol. The van der Waals surface area contributed by atoms with Crippen LogP contribution in [0, 0.1) is 12.7 Å². The molecule has 10 heteroatoms. The number of nitrogens with one attached hydrogen (secondary N) is 3. The molecule has 25 heavy (non-hydrogen) atoms. The van der Waals surface area contributed by atoms with Crippen molar-refractivity contribution in [2.75, 3.05) is 15.4 Å². The Morgan fingerprint density at radius 2 is 1.96 bits per heavy atom. The lowest BCUT2D eigenvalue weighted by Gasteiger charge is -2.24. The Bertz CT molecular complexity index is 981. The second-order valence-electron chi connectivity index (χ2n) is 5.43. The molecule has 2 aromatic carbocycles. The van der Waals surface area contributed by atoms with Gasteiger partial charge in [-0.2, -0.15) is 0 Å². The van der Waals surface area contributed by atoms with Gasteiger partial charge in [-0.1, -0.05) is 15.9 Å². The number of aliphatic hydroxyl groups is 1. The van der Waals surface area contributed by atoms with Gasteiger partial charge in [-0.25, -0.2) is 12.8 Å². The summed E-state index contributed by atoms with van der Waals surface area (Å²) in [7, 11) is -4.21. The number of aliphatic hydroxyl groups excluding tert-OH is 1. The van der Waals surface area contributed by atoms with Gasteiger partial charge in [-0.05, 0) is 36.8 Å². The van der Waals surface area contributed by atoms with Crippen LogP contribution in [-0.2, 0) is 14.8 Å². The molecule has 1 aliphatic rings. The summed E-state index contributed by atoms with van der Waals surface area (Å²) >= 11 is 3.31. The van der Waals surface area contributed by atoms with E-state index in [9.17, 15) is 22.7 Å². The van der Waals surface area contributed by atoms with Gasteiger partial charge in [0, 0.05) is 16.2 Å². The number of rotatable bonds is 3. The van der Waals surface area contributed by atoms with E-state index in [-0.39, 0.29) is 17.1 Å². The Morgan fingerprint density at radius 3 is 2.64 bits per heavy atom. The summed E-state index contributed by atoms with van der Waals surface area (Å²) in [5.41, 5.74) is 1.23. The van der Waals surface area contributed by atoms with Crippen LogP contribution in [0.2, 0.25) is 0 Å². The average molecular weight is 430 g/mol. The molecule has 0 aromatic heterocycles. The molecule has 0 radical (unpaired) electrons. The fourth-order valence-corrected chi connectivity index (χ4v) is 3.70. The first kappa shape index (κ1) is 17.6. The fourth-order valence-electron chi connectivity index (χ4n) is 2.31. The molecule has 0 saturated heterocycles. The summed E-state index contributed by atoms with van der Waals surface area (Å²) in [6, 6.07) is 6.70. The molecule has 0 spiro atoms. The van der Waals surface area contributed by atoms with E-state index in [1.165, 1.54) is 6.07 Å². The minimum absolute atomic E-state index is 0.0474. The quantitative estimate of drug-likeness (QED) is 0.598. The van der Waals surface area contributed by atoms with Crippen molar-refractivity contribution in [2.45, 2.75) is 18.0 Å². The number of sulfonamides is 1. The third kappa shape index (κ3) is 3.46. The molecule has 1 aliphatic heterocycles. The van der Waals surface area contributed by atoms with Gasteiger partial charge in [0.1, 0.15) is 10.7 Å². The molecule has 1 amide bonds. The first-order valence-corrected chi connectivity index (χ1v) is 9.33. The van der Waals surface area contributed by atoms with Crippen molar-refractivity contribution >= 4 is 48.9 Å². The molecule has 2 aromatic rings. The van der Waals surface area contributed by atoms with Crippen LogP contribution < -0.4 is 15.4 Å². The third-order valence-electron chi connectivity index (χ3n) is 3.57. The lowest BCUT2D eigenvalue weighted by Crippen LogP contribution is -2.38. The van der Waals surface area contributed by atoms with Crippen LogP contribution >= 0.6 is 15.9 Å². The SMILES string of the molecule is Cc1cc(NS(=O)(=O)c2cc3c(cc2F)NC(=O)C(O)N3)ccc1Br. The molecule has 7 nitrogen and oxygen atoms in total. The lowest BCUT2D eigenvalue weighted by molar-refractivity contribution is -0.122. The Kier molecular flexibility index (Phi) is 4.43. The minimum atomic E-state index is -4.21. The van der Waals surface area contributed by atoms with Gasteiger partial charge in [0.2, 0.25) is 6.23 Å². The summed E-state index contributed by atoms with van der Waals surface area (Å²) in [6.45, 7) is 1.79. The van der Waals surface area contributed by atoms with E-state index in [0.717, 1.165) is 22.2 Å². The molecule has 0 aliphatic carbocycles. The highest BCUT2D eigenvalue weighted by Gasteiger charge is 2.28. The van der Waals surface area contributed by atoms with Crippen molar-refractivity contribution in [3.63, 3.8) is 0 Å². The zero-order chi connectivity index (χ0) is 18.4. The summed E-state index contributed by atoms with van der Waals surface area (Å²) in [6.07, 6.45) is -1.55. The number of hydrogen-bond donors (Lipinski definition) is 4. The Labute approximate surface area is 151 Å². The summed E-state index contributed by atoms with van der Waals surface area (Å²) in [5, 5.41) is 14.2. The van der Waals surface area contributed by atoms with Crippen molar-refractivity contribution in [1.29, 1.82) is 0 Å². The van der Waals surface area contributed by atoms with Crippen LogP contribution in [0.1, 0.15) is 5.56 Å². The van der Waals surface area contributed by atoms with E-state index in [4.69, 9.17) is 0 Å².